The van der Waals surface area contributed by atoms with E-state index < -0.39 is 16.0 Å². The first-order valence-corrected chi connectivity index (χ1v) is 10.1. The SMILES string of the molecule is CS(=O)(=O)N1CCCC(Cc2nccnc2-c2cncc(C(=O)O)c2)C1. The topological polar surface area (TPSA) is 113 Å². The molecule has 3 rings (SSSR count). The van der Waals surface area contributed by atoms with Crippen molar-refractivity contribution in [2.75, 3.05) is 19.3 Å². The molecular formula is C17H20N4O4S. The van der Waals surface area contributed by atoms with E-state index in [0.717, 1.165) is 18.5 Å². The van der Waals surface area contributed by atoms with Gasteiger partial charge in [0.15, 0.2) is 0 Å². The molecule has 0 bridgehead atoms. The van der Waals surface area contributed by atoms with Crippen LogP contribution in [-0.4, -0.2) is 58.1 Å². The zero-order chi connectivity index (χ0) is 18.7. The lowest BCUT2D eigenvalue weighted by Crippen LogP contribution is -2.39. The Hall–Kier alpha value is -2.39. The maximum Gasteiger partial charge on any atom is 0.337 e. The smallest absolute Gasteiger partial charge is 0.337 e. The summed E-state index contributed by atoms with van der Waals surface area (Å²) in [6, 6.07) is 1.52. The Kier molecular flexibility index (Phi) is 5.28. The third kappa shape index (κ3) is 4.23. The first-order chi connectivity index (χ1) is 12.3. The molecule has 8 nitrogen and oxygen atoms in total. The molecular weight excluding hydrogens is 356 g/mol. The summed E-state index contributed by atoms with van der Waals surface area (Å²) in [4.78, 5) is 23.9. The van der Waals surface area contributed by atoms with Crippen LogP contribution in [0.1, 0.15) is 28.9 Å². The lowest BCUT2D eigenvalue weighted by atomic mass is 9.93. The molecule has 1 aliphatic rings. The van der Waals surface area contributed by atoms with Crippen molar-refractivity contribution >= 4 is 16.0 Å². The molecule has 0 amide bonds. The van der Waals surface area contributed by atoms with Crippen LogP contribution in [0.5, 0.6) is 0 Å². The van der Waals surface area contributed by atoms with Gasteiger partial charge in [0, 0.05) is 43.4 Å². The van der Waals surface area contributed by atoms with E-state index in [1.54, 1.807) is 18.6 Å². The van der Waals surface area contributed by atoms with Gasteiger partial charge in [-0.2, -0.15) is 0 Å². The zero-order valence-corrected chi connectivity index (χ0v) is 15.2. The number of carbonyl (C=O) groups is 1. The molecule has 2 aromatic rings. The summed E-state index contributed by atoms with van der Waals surface area (Å²) in [5, 5.41) is 9.15. The van der Waals surface area contributed by atoms with Crippen LogP contribution in [0.4, 0.5) is 0 Å². The first-order valence-electron chi connectivity index (χ1n) is 8.28. The van der Waals surface area contributed by atoms with Crippen LogP contribution < -0.4 is 0 Å². The highest BCUT2D eigenvalue weighted by atomic mass is 32.2. The fourth-order valence-corrected chi connectivity index (χ4v) is 4.15. The Morgan fingerprint density at radius 1 is 1.31 bits per heavy atom. The molecule has 1 N–H and O–H groups in total. The van der Waals surface area contributed by atoms with Crippen LogP contribution in [-0.2, 0) is 16.4 Å². The maximum atomic E-state index is 11.8. The third-order valence-corrected chi connectivity index (χ3v) is 5.74. The van der Waals surface area contributed by atoms with Gasteiger partial charge in [-0.15, -0.1) is 0 Å². The fraction of sp³-hybridized carbons (Fsp3) is 0.412. The minimum absolute atomic E-state index is 0.0834. The summed E-state index contributed by atoms with van der Waals surface area (Å²) in [5.41, 5.74) is 1.97. The quantitative estimate of drug-likeness (QED) is 0.840. The van der Waals surface area contributed by atoms with Crippen LogP contribution in [0.3, 0.4) is 0 Å². The van der Waals surface area contributed by atoms with Crippen molar-refractivity contribution in [3.63, 3.8) is 0 Å². The first kappa shape index (κ1) is 18.4. The molecule has 9 heteroatoms. The number of hydrogen-bond donors (Lipinski definition) is 1. The summed E-state index contributed by atoms with van der Waals surface area (Å²) < 4.78 is 25.1. The lowest BCUT2D eigenvalue weighted by molar-refractivity contribution is 0.0696. The van der Waals surface area contributed by atoms with E-state index in [1.807, 2.05) is 0 Å². The minimum atomic E-state index is -3.21. The van der Waals surface area contributed by atoms with E-state index in [2.05, 4.69) is 15.0 Å². The molecule has 26 heavy (non-hydrogen) atoms. The monoisotopic (exact) mass is 376 g/mol. The molecule has 1 unspecified atom stereocenters. The van der Waals surface area contributed by atoms with Crippen molar-refractivity contribution in [1.29, 1.82) is 0 Å². The van der Waals surface area contributed by atoms with E-state index in [-0.39, 0.29) is 11.5 Å². The summed E-state index contributed by atoms with van der Waals surface area (Å²) in [5.74, 6) is -0.912. The predicted octanol–water partition coefficient (Wildman–Crippen LogP) is 1.45. The van der Waals surface area contributed by atoms with Gasteiger partial charge in [-0.05, 0) is 31.2 Å². The van der Waals surface area contributed by atoms with E-state index in [4.69, 9.17) is 5.11 Å². The van der Waals surface area contributed by atoms with Crippen molar-refractivity contribution in [1.82, 2.24) is 19.3 Å². The van der Waals surface area contributed by atoms with Gasteiger partial charge in [0.1, 0.15) is 0 Å². The van der Waals surface area contributed by atoms with Crippen molar-refractivity contribution in [3.05, 3.63) is 42.1 Å². The molecule has 138 valence electrons. The highest BCUT2D eigenvalue weighted by molar-refractivity contribution is 7.88. The number of hydrogen-bond acceptors (Lipinski definition) is 6. The predicted molar refractivity (Wildman–Crippen MR) is 95.1 cm³/mol. The molecule has 3 heterocycles. The third-order valence-electron chi connectivity index (χ3n) is 4.47. The molecule has 0 saturated carbocycles. The molecule has 0 radical (unpaired) electrons. The van der Waals surface area contributed by atoms with Gasteiger partial charge < -0.3 is 5.11 Å². The van der Waals surface area contributed by atoms with E-state index >= 15 is 0 Å². The summed E-state index contributed by atoms with van der Waals surface area (Å²) in [7, 11) is -3.21. The fourth-order valence-electron chi connectivity index (χ4n) is 3.21. The van der Waals surface area contributed by atoms with Crippen LogP contribution in [0.25, 0.3) is 11.3 Å². The molecule has 1 fully saturated rings. The molecule has 1 saturated heterocycles. The standard InChI is InChI=1S/C17H20N4O4S/c1-26(24,25)21-6-2-3-12(11-21)7-15-16(20-5-4-19-15)13-8-14(17(22)23)10-18-9-13/h4-5,8-10,12H,2-3,6-7,11H2,1H3,(H,22,23). The Morgan fingerprint density at radius 2 is 2.08 bits per heavy atom. The van der Waals surface area contributed by atoms with Crippen molar-refractivity contribution in [2.45, 2.75) is 19.3 Å². The maximum absolute atomic E-state index is 11.8. The Morgan fingerprint density at radius 3 is 2.81 bits per heavy atom. The summed E-state index contributed by atoms with van der Waals surface area (Å²) in [6.45, 7) is 1.01. The van der Waals surface area contributed by atoms with Crippen LogP contribution >= 0.6 is 0 Å². The lowest BCUT2D eigenvalue weighted by Gasteiger charge is -2.31. The number of sulfonamides is 1. The Labute approximate surface area is 152 Å². The number of carboxylic acids is 1. The van der Waals surface area contributed by atoms with Crippen molar-refractivity contribution in [3.8, 4) is 11.3 Å². The van der Waals surface area contributed by atoms with Crippen LogP contribution in [0, 0.1) is 5.92 Å². The highest BCUT2D eigenvalue weighted by Gasteiger charge is 2.27. The van der Waals surface area contributed by atoms with Gasteiger partial charge >= 0.3 is 5.97 Å². The number of pyridine rings is 1. The second-order valence-electron chi connectivity index (χ2n) is 6.45. The largest absolute Gasteiger partial charge is 0.478 e. The number of piperidine rings is 1. The van der Waals surface area contributed by atoms with Crippen molar-refractivity contribution in [2.24, 2.45) is 5.92 Å². The van der Waals surface area contributed by atoms with Gasteiger partial charge in [-0.1, -0.05) is 0 Å². The summed E-state index contributed by atoms with van der Waals surface area (Å²) >= 11 is 0. The summed E-state index contributed by atoms with van der Waals surface area (Å²) in [6.07, 6.45) is 9.51. The van der Waals surface area contributed by atoms with Crippen LogP contribution in [0.2, 0.25) is 0 Å². The van der Waals surface area contributed by atoms with E-state index in [0.29, 0.717) is 30.8 Å². The van der Waals surface area contributed by atoms with Gasteiger partial charge in [-0.25, -0.2) is 17.5 Å². The number of rotatable bonds is 5. The molecule has 0 aromatic carbocycles. The number of nitrogens with zero attached hydrogens (tertiary/aromatic N) is 4. The number of carboxylic acid groups (broad SMARTS) is 1. The van der Waals surface area contributed by atoms with Gasteiger partial charge in [0.2, 0.25) is 10.0 Å². The molecule has 1 aliphatic heterocycles. The molecule has 0 aliphatic carbocycles. The average molecular weight is 376 g/mol. The molecule has 1 atom stereocenters. The van der Waals surface area contributed by atoms with Gasteiger partial charge in [0.05, 0.1) is 23.2 Å². The average Bonchev–Trinajstić information content (AvgIpc) is 2.62. The number of aromatic carboxylic acids is 1. The number of aromatic nitrogens is 3. The second kappa shape index (κ2) is 7.46. The van der Waals surface area contributed by atoms with Gasteiger partial charge in [0.25, 0.3) is 0 Å². The normalized spacial score (nSPS) is 18.6. The molecule has 0 spiro atoms. The minimum Gasteiger partial charge on any atom is -0.478 e. The Balaban J connectivity index is 1.86. The van der Waals surface area contributed by atoms with E-state index in [1.165, 1.54) is 22.8 Å². The second-order valence-corrected chi connectivity index (χ2v) is 8.43. The zero-order valence-electron chi connectivity index (χ0n) is 14.4. The van der Waals surface area contributed by atoms with Crippen molar-refractivity contribution < 1.29 is 18.3 Å². The Bertz CT molecular complexity index is 916. The van der Waals surface area contributed by atoms with Gasteiger partial charge in [-0.3, -0.25) is 15.0 Å². The highest BCUT2D eigenvalue weighted by Crippen LogP contribution is 2.26. The van der Waals surface area contributed by atoms with Crippen LogP contribution in [0.15, 0.2) is 30.9 Å². The molecule has 2 aromatic heterocycles. The van der Waals surface area contributed by atoms with E-state index in [9.17, 15) is 13.2 Å².